The van der Waals surface area contributed by atoms with Gasteiger partial charge in [-0.25, -0.2) is 18.1 Å². The van der Waals surface area contributed by atoms with Gasteiger partial charge in [-0.05, 0) is 51.8 Å². The molecule has 6 nitrogen and oxygen atoms in total. The number of hydrogen-bond acceptors (Lipinski definition) is 4. The fraction of sp³-hybridized carbons (Fsp3) is 0.562. The topological polar surface area (TPSA) is 82.6 Å². The van der Waals surface area contributed by atoms with Crippen molar-refractivity contribution in [2.75, 3.05) is 26.4 Å². The molecule has 0 spiro atoms. The maximum atomic E-state index is 11.7. The lowest BCUT2D eigenvalue weighted by molar-refractivity contribution is 0.588. The minimum absolute atomic E-state index is 0.124. The SMILES string of the molecule is CCNC(=NCc1ccc(S(=O)(=O)NC)cc1)NCC(C)(C)SC. The van der Waals surface area contributed by atoms with E-state index in [-0.39, 0.29) is 9.64 Å². The summed E-state index contributed by atoms with van der Waals surface area (Å²) < 4.78 is 25.8. The molecule has 24 heavy (non-hydrogen) atoms. The van der Waals surface area contributed by atoms with E-state index in [0.717, 1.165) is 24.6 Å². The first-order chi connectivity index (χ1) is 11.2. The quantitative estimate of drug-likeness (QED) is 0.479. The second-order valence-corrected chi connectivity index (χ2v) is 9.26. The Morgan fingerprint density at radius 2 is 1.83 bits per heavy atom. The smallest absolute Gasteiger partial charge is 0.240 e. The molecule has 0 heterocycles. The average molecular weight is 373 g/mol. The normalized spacial score (nSPS) is 13.0. The van der Waals surface area contributed by atoms with Crippen LogP contribution in [0.3, 0.4) is 0 Å². The Balaban J connectivity index is 2.76. The van der Waals surface area contributed by atoms with Gasteiger partial charge in [-0.1, -0.05) is 12.1 Å². The van der Waals surface area contributed by atoms with Crippen LogP contribution in [0.4, 0.5) is 0 Å². The van der Waals surface area contributed by atoms with Crippen molar-refractivity contribution in [3.8, 4) is 0 Å². The van der Waals surface area contributed by atoms with Crippen molar-refractivity contribution in [3.63, 3.8) is 0 Å². The molecule has 0 bridgehead atoms. The Hall–Kier alpha value is -1.25. The molecule has 0 aromatic heterocycles. The molecule has 1 rings (SSSR count). The van der Waals surface area contributed by atoms with Crippen LogP contribution in [0.2, 0.25) is 0 Å². The predicted molar refractivity (Wildman–Crippen MR) is 103 cm³/mol. The summed E-state index contributed by atoms with van der Waals surface area (Å²) in [5.41, 5.74) is 0.950. The molecule has 0 aliphatic heterocycles. The summed E-state index contributed by atoms with van der Waals surface area (Å²) in [5.74, 6) is 0.756. The van der Waals surface area contributed by atoms with Gasteiger partial charge in [0.25, 0.3) is 0 Å². The van der Waals surface area contributed by atoms with Crippen LogP contribution in [0.15, 0.2) is 34.2 Å². The van der Waals surface area contributed by atoms with Crippen LogP contribution in [-0.4, -0.2) is 45.5 Å². The van der Waals surface area contributed by atoms with Gasteiger partial charge < -0.3 is 10.6 Å². The first-order valence-electron chi connectivity index (χ1n) is 7.84. The van der Waals surface area contributed by atoms with E-state index in [1.807, 2.05) is 6.92 Å². The van der Waals surface area contributed by atoms with E-state index in [1.54, 1.807) is 36.0 Å². The molecule has 0 unspecified atom stereocenters. The fourth-order valence-corrected chi connectivity index (χ4v) is 2.72. The minimum Gasteiger partial charge on any atom is -0.357 e. The zero-order chi connectivity index (χ0) is 18.2. The molecule has 1 aromatic carbocycles. The number of hydrogen-bond donors (Lipinski definition) is 3. The lowest BCUT2D eigenvalue weighted by atomic mass is 10.2. The van der Waals surface area contributed by atoms with Crippen LogP contribution in [0.5, 0.6) is 0 Å². The van der Waals surface area contributed by atoms with E-state index in [0.29, 0.717) is 6.54 Å². The fourth-order valence-electron chi connectivity index (χ4n) is 1.77. The Kier molecular flexibility index (Phi) is 8.05. The van der Waals surface area contributed by atoms with E-state index >= 15 is 0 Å². The Labute approximate surface area is 150 Å². The standard InChI is InChI=1S/C16H28N4O2S2/c1-6-18-15(20-12-16(2,3)23-5)19-11-13-7-9-14(10-8-13)24(21,22)17-4/h7-10,17H,6,11-12H2,1-5H3,(H2,18,19,20). The third-order valence-corrected chi connectivity index (χ3v) is 6.18. The molecule has 1 aromatic rings. The number of guanidine groups is 1. The zero-order valence-corrected chi connectivity index (χ0v) is 16.6. The summed E-state index contributed by atoms with van der Waals surface area (Å²) in [4.78, 5) is 4.81. The number of rotatable bonds is 8. The number of thioether (sulfide) groups is 1. The first-order valence-corrected chi connectivity index (χ1v) is 10.5. The lowest BCUT2D eigenvalue weighted by Gasteiger charge is -2.23. The number of benzene rings is 1. The van der Waals surface area contributed by atoms with Gasteiger partial charge in [0.15, 0.2) is 5.96 Å². The van der Waals surface area contributed by atoms with E-state index < -0.39 is 10.0 Å². The molecule has 3 N–H and O–H groups in total. The van der Waals surface area contributed by atoms with Crippen molar-refractivity contribution < 1.29 is 8.42 Å². The van der Waals surface area contributed by atoms with Crippen molar-refractivity contribution in [1.82, 2.24) is 15.4 Å². The molecular formula is C16H28N4O2S2. The van der Waals surface area contributed by atoms with E-state index in [2.05, 4.69) is 40.5 Å². The molecule has 0 saturated carbocycles. The van der Waals surface area contributed by atoms with Gasteiger partial charge in [0.05, 0.1) is 11.4 Å². The van der Waals surface area contributed by atoms with Crippen molar-refractivity contribution in [1.29, 1.82) is 0 Å². The third-order valence-electron chi connectivity index (χ3n) is 3.50. The number of sulfonamides is 1. The second-order valence-electron chi connectivity index (χ2n) is 5.86. The van der Waals surface area contributed by atoms with Crippen LogP contribution >= 0.6 is 11.8 Å². The van der Waals surface area contributed by atoms with Crippen LogP contribution < -0.4 is 15.4 Å². The third kappa shape index (κ3) is 6.70. The van der Waals surface area contributed by atoms with Gasteiger partial charge in [-0.3, -0.25) is 0 Å². The molecule has 136 valence electrons. The highest BCUT2D eigenvalue weighted by Gasteiger charge is 2.16. The van der Waals surface area contributed by atoms with Crippen LogP contribution in [0, 0.1) is 0 Å². The monoisotopic (exact) mass is 372 g/mol. The molecule has 0 saturated heterocycles. The Morgan fingerprint density at radius 1 is 1.21 bits per heavy atom. The summed E-state index contributed by atoms with van der Waals surface area (Å²) in [6.45, 7) is 8.44. The molecule has 8 heteroatoms. The molecular weight excluding hydrogens is 344 g/mol. The lowest BCUT2D eigenvalue weighted by Crippen LogP contribution is -2.43. The van der Waals surface area contributed by atoms with Crippen molar-refractivity contribution >= 4 is 27.7 Å². The summed E-state index contributed by atoms with van der Waals surface area (Å²) in [6, 6.07) is 6.74. The largest absolute Gasteiger partial charge is 0.357 e. The van der Waals surface area contributed by atoms with E-state index in [4.69, 9.17) is 0 Å². The summed E-state index contributed by atoms with van der Waals surface area (Å²) >= 11 is 1.80. The highest BCUT2D eigenvalue weighted by molar-refractivity contribution is 7.99. The Morgan fingerprint density at radius 3 is 2.33 bits per heavy atom. The number of nitrogens with one attached hydrogen (secondary N) is 3. The molecule has 0 aliphatic rings. The van der Waals surface area contributed by atoms with Crippen molar-refractivity contribution in [3.05, 3.63) is 29.8 Å². The predicted octanol–water partition coefficient (Wildman–Crippen LogP) is 1.79. The van der Waals surface area contributed by atoms with Crippen LogP contribution in [0.25, 0.3) is 0 Å². The van der Waals surface area contributed by atoms with Gasteiger partial charge in [0.2, 0.25) is 10.0 Å². The summed E-state index contributed by atoms with van der Waals surface area (Å²) in [7, 11) is -1.99. The highest BCUT2D eigenvalue weighted by Crippen LogP contribution is 2.19. The van der Waals surface area contributed by atoms with Gasteiger partial charge in [-0.2, -0.15) is 11.8 Å². The Bertz CT molecular complexity index is 641. The summed E-state index contributed by atoms with van der Waals surface area (Å²) in [6.07, 6.45) is 2.09. The highest BCUT2D eigenvalue weighted by atomic mass is 32.2. The first kappa shape index (κ1) is 20.8. The second kappa shape index (κ2) is 9.29. The van der Waals surface area contributed by atoms with Crippen LogP contribution in [0.1, 0.15) is 26.3 Å². The van der Waals surface area contributed by atoms with Gasteiger partial charge in [-0.15, -0.1) is 0 Å². The molecule has 0 amide bonds. The van der Waals surface area contributed by atoms with Crippen molar-refractivity contribution in [2.24, 2.45) is 4.99 Å². The van der Waals surface area contributed by atoms with Gasteiger partial charge in [0.1, 0.15) is 0 Å². The molecule has 0 fully saturated rings. The minimum atomic E-state index is -3.40. The van der Waals surface area contributed by atoms with Crippen molar-refractivity contribution in [2.45, 2.75) is 37.0 Å². The molecule has 0 aliphatic carbocycles. The zero-order valence-electron chi connectivity index (χ0n) is 15.0. The van der Waals surface area contributed by atoms with Gasteiger partial charge in [0, 0.05) is 17.8 Å². The van der Waals surface area contributed by atoms with E-state index in [9.17, 15) is 8.42 Å². The molecule has 0 radical (unpaired) electrons. The van der Waals surface area contributed by atoms with Crippen LogP contribution in [-0.2, 0) is 16.6 Å². The molecule has 0 atom stereocenters. The number of aliphatic imine (C=N–C) groups is 1. The summed E-state index contributed by atoms with van der Waals surface area (Å²) in [5, 5.41) is 6.56. The maximum absolute atomic E-state index is 11.7. The maximum Gasteiger partial charge on any atom is 0.240 e. The average Bonchev–Trinajstić information content (AvgIpc) is 2.57. The van der Waals surface area contributed by atoms with Gasteiger partial charge >= 0.3 is 0 Å². The van der Waals surface area contributed by atoms with E-state index in [1.165, 1.54) is 7.05 Å². The number of nitrogens with zero attached hydrogens (tertiary/aromatic N) is 1.